The van der Waals surface area contributed by atoms with Gasteiger partial charge in [-0.25, -0.2) is 4.79 Å². The lowest BCUT2D eigenvalue weighted by Gasteiger charge is -2.70. The number of hydrogen-bond donors (Lipinski definition) is 2. The summed E-state index contributed by atoms with van der Waals surface area (Å²) in [6.45, 7) is 4.79. The van der Waals surface area contributed by atoms with Crippen molar-refractivity contribution >= 4 is 17.7 Å². The molecule has 3 saturated carbocycles. The Morgan fingerprint density at radius 2 is 1.58 bits per heavy atom. The number of fused-ring (bicyclic) bond motifs is 1. The van der Waals surface area contributed by atoms with Crippen LogP contribution in [-0.4, -0.2) is 35.6 Å². The monoisotopic (exact) mass is 450 g/mol. The van der Waals surface area contributed by atoms with Crippen LogP contribution < -0.4 is 20.1 Å². The molecular formula is C19H19F5N2O5. The van der Waals surface area contributed by atoms with Gasteiger partial charge < -0.3 is 19.5 Å². The van der Waals surface area contributed by atoms with Gasteiger partial charge >= 0.3 is 18.6 Å². The van der Waals surface area contributed by atoms with Crippen molar-refractivity contribution < 1.29 is 45.8 Å². The molecule has 170 valence electrons. The highest BCUT2D eigenvalue weighted by Crippen LogP contribution is 2.73. The maximum absolute atomic E-state index is 13.4. The third-order valence-corrected chi connectivity index (χ3v) is 5.43. The van der Waals surface area contributed by atoms with Gasteiger partial charge in [-0.1, -0.05) is 0 Å². The number of ether oxygens (including phenoxy) is 3. The quantitative estimate of drug-likeness (QED) is 0.659. The van der Waals surface area contributed by atoms with Crippen LogP contribution in [0, 0.1) is 5.41 Å². The van der Waals surface area contributed by atoms with Gasteiger partial charge in [0.2, 0.25) is 0 Å². The summed E-state index contributed by atoms with van der Waals surface area (Å²) in [5.41, 5.74) is -4.18. The summed E-state index contributed by atoms with van der Waals surface area (Å²) in [4.78, 5) is 24.9. The predicted octanol–water partition coefficient (Wildman–Crippen LogP) is 4.57. The molecule has 2 amide bonds. The largest absolute Gasteiger partial charge is 0.586 e. The molecule has 4 aliphatic rings. The van der Waals surface area contributed by atoms with E-state index in [4.69, 9.17) is 4.74 Å². The van der Waals surface area contributed by atoms with Crippen molar-refractivity contribution in [1.82, 2.24) is 5.32 Å². The molecule has 2 bridgehead atoms. The summed E-state index contributed by atoms with van der Waals surface area (Å²) in [6.07, 6.45) is -10.1. The second kappa shape index (κ2) is 6.13. The van der Waals surface area contributed by atoms with E-state index in [2.05, 4.69) is 20.1 Å². The molecular weight excluding hydrogens is 431 g/mol. The van der Waals surface area contributed by atoms with Gasteiger partial charge in [0, 0.05) is 11.6 Å². The summed E-state index contributed by atoms with van der Waals surface area (Å²) >= 11 is 0. The number of carbonyl (C=O) groups excluding carboxylic acids is 2. The number of anilines is 1. The zero-order valence-corrected chi connectivity index (χ0v) is 16.7. The van der Waals surface area contributed by atoms with Crippen molar-refractivity contribution in [3.63, 3.8) is 0 Å². The molecule has 12 heteroatoms. The topological polar surface area (TPSA) is 85.9 Å². The first-order valence-corrected chi connectivity index (χ1v) is 9.35. The second-order valence-electron chi connectivity index (χ2n) is 9.18. The third kappa shape index (κ3) is 3.72. The molecule has 1 heterocycles. The van der Waals surface area contributed by atoms with Gasteiger partial charge in [0.05, 0.1) is 16.7 Å². The van der Waals surface area contributed by atoms with E-state index in [0.717, 1.165) is 12.1 Å². The molecule has 3 aliphatic carbocycles. The van der Waals surface area contributed by atoms with Gasteiger partial charge in [-0.15, -0.1) is 8.78 Å². The molecule has 0 spiro atoms. The first kappa shape index (κ1) is 21.4. The highest BCUT2D eigenvalue weighted by molar-refractivity contribution is 6.04. The van der Waals surface area contributed by atoms with Crippen LogP contribution in [0.1, 0.15) is 50.4 Å². The third-order valence-electron chi connectivity index (χ3n) is 5.43. The van der Waals surface area contributed by atoms with Gasteiger partial charge in [0.1, 0.15) is 5.60 Å². The van der Waals surface area contributed by atoms with Gasteiger partial charge in [0.25, 0.3) is 5.91 Å². The Morgan fingerprint density at radius 3 is 2.10 bits per heavy atom. The number of rotatable bonds is 3. The number of alkyl halides is 5. The van der Waals surface area contributed by atoms with E-state index in [1.807, 2.05) is 0 Å². The average Bonchev–Trinajstić information content (AvgIpc) is 2.77. The predicted molar refractivity (Wildman–Crippen MR) is 95.0 cm³/mol. The number of halogens is 5. The Kier molecular flexibility index (Phi) is 4.24. The lowest BCUT2D eigenvalue weighted by molar-refractivity contribution is -0.336. The number of nitrogens with one attached hydrogen (secondary N) is 2. The summed E-state index contributed by atoms with van der Waals surface area (Å²) in [5.74, 6) is -1.72. The summed E-state index contributed by atoms with van der Waals surface area (Å²) < 4.78 is 79.7. The van der Waals surface area contributed by atoms with Crippen molar-refractivity contribution in [3.8, 4) is 11.5 Å². The van der Waals surface area contributed by atoms with Crippen LogP contribution >= 0.6 is 0 Å². The molecule has 0 atom stereocenters. The zero-order chi connectivity index (χ0) is 23.0. The van der Waals surface area contributed by atoms with Crippen LogP contribution in [0.2, 0.25) is 0 Å². The molecule has 1 aliphatic heterocycles. The van der Waals surface area contributed by atoms with Gasteiger partial charge in [-0.3, -0.25) is 10.1 Å². The Labute approximate surface area is 173 Å². The maximum Gasteiger partial charge on any atom is 0.586 e. The summed E-state index contributed by atoms with van der Waals surface area (Å²) in [6, 6.07) is 1.90. The molecule has 1 aromatic carbocycles. The van der Waals surface area contributed by atoms with Gasteiger partial charge in [0.15, 0.2) is 11.5 Å². The van der Waals surface area contributed by atoms with E-state index in [1.54, 1.807) is 20.8 Å². The van der Waals surface area contributed by atoms with Gasteiger partial charge in [-0.2, -0.15) is 13.2 Å². The van der Waals surface area contributed by atoms with Crippen LogP contribution in [0.4, 0.5) is 32.4 Å². The fraction of sp³-hybridized carbons (Fsp3) is 0.579. The van der Waals surface area contributed by atoms with Crippen molar-refractivity contribution in [2.75, 3.05) is 5.32 Å². The normalized spacial score (nSPS) is 27.6. The first-order valence-electron chi connectivity index (χ1n) is 9.35. The van der Waals surface area contributed by atoms with Crippen LogP contribution in [0.25, 0.3) is 0 Å². The minimum atomic E-state index is -4.35. The molecule has 2 N–H and O–H groups in total. The van der Waals surface area contributed by atoms with Crippen molar-refractivity contribution in [3.05, 3.63) is 17.7 Å². The Balaban J connectivity index is 1.56. The molecule has 31 heavy (non-hydrogen) atoms. The Morgan fingerprint density at radius 1 is 1.03 bits per heavy atom. The molecule has 0 saturated heterocycles. The first-order chi connectivity index (χ1) is 14.0. The fourth-order valence-corrected chi connectivity index (χ4v) is 4.23. The smallest absolute Gasteiger partial charge is 0.444 e. The average molecular weight is 450 g/mol. The number of benzene rings is 1. The van der Waals surface area contributed by atoms with E-state index >= 15 is 0 Å². The molecule has 0 aromatic heterocycles. The molecule has 0 radical (unpaired) electrons. The SMILES string of the molecule is CC(C)(C)OC(=O)Nc1cc2c(cc1C(=O)NC13CC(C(F)(F)F)(C1)C3)OC(F)(F)O2. The number of carbonyl (C=O) groups is 2. The molecule has 0 unspecified atom stereocenters. The molecule has 7 nitrogen and oxygen atoms in total. The number of hydrogen-bond acceptors (Lipinski definition) is 5. The van der Waals surface area contributed by atoms with Crippen LogP contribution in [0.15, 0.2) is 12.1 Å². The highest BCUT2D eigenvalue weighted by atomic mass is 19.4. The standard InChI is InChI=1S/C19H19F5N2O5/c1-15(2,3)31-14(28)25-10-5-12-11(29-19(23,24)30-12)4-9(10)13(27)26-17-6-16(7-17,8-17)18(20,21)22/h4-5H,6-8H2,1-3H3,(H,25,28)(H,26,27). The van der Waals surface area contributed by atoms with Crippen molar-refractivity contribution in [2.45, 2.75) is 63.6 Å². The van der Waals surface area contributed by atoms with Crippen molar-refractivity contribution in [1.29, 1.82) is 0 Å². The highest BCUT2D eigenvalue weighted by Gasteiger charge is 2.79. The van der Waals surface area contributed by atoms with Crippen LogP contribution in [-0.2, 0) is 4.74 Å². The Hall–Kier alpha value is -2.79. The molecule has 1 aromatic rings. The van der Waals surface area contributed by atoms with E-state index in [9.17, 15) is 31.5 Å². The molecule has 3 fully saturated rings. The van der Waals surface area contributed by atoms with Crippen molar-refractivity contribution in [2.24, 2.45) is 5.41 Å². The summed E-state index contributed by atoms with van der Waals surface area (Å²) in [7, 11) is 0. The van der Waals surface area contributed by atoms with Crippen LogP contribution in [0.3, 0.4) is 0 Å². The van der Waals surface area contributed by atoms with Gasteiger partial charge in [-0.05, 0) is 46.1 Å². The lowest BCUT2D eigenvalue weighted by Crippen LogP contribution is -2.78. The number of amides is 2. The van der Waals surface area contributed by atoms with E-state index < -0.39 is 52.5 Å². The minimum Gasteiger partial charge on any atom is -0.444 e. The van der Waals surface area contributed by atoms with E-state index in [1.165, 1.54) is 0 Å². The van der Waals surface area contributed by atoms with E-state index in [-0.39, 0.29) is 30.5 Å². The zero-order valence-electron chi connectivity index (χ0n) is 16.7. The summed E-state index contributed by atoms with van der Waals surface area (Å²) in [5, 5.41) is 4.82. The molecule has 5 rings (SSSR count). The lowest BCUT2D eigenvalue weighted by atomic mass is 9.39. The maximum atomic E-state index is 13.4. The minimum absolute atomic E-state index is 0.219. The second-order valence-corrected chi connectivity index (χ2v) is 9.18. The van der Waals surface area contributed by atoms with E-state index in [0.29, 0.717) is 0 Å². The Bertz CT molecular complexity index is 950. The fourth-order valence-electron chi connectivity index (χ4n) is 4.23. The van der Waals surface area contributed by atoms with Crippen LogP contribution in [0.5, 0.6) is 11.5 Å².